The maximum absolute atomic E-state index is 14.0. The number of carbonyl (C=O) groups excluding carboxylic acids is 1. The molecule has 3 rings (SSSR count). The van der Waals surface area contributed by atoms with Crippen molar-refractivity contribution in [1.29, 1.82) is 0 Å². The summed E-state index contributed by atoms with van der Waals surface area (Å²) >= 11 is 12.6. The fraction of sp³-hybridized carbons (Fsp3) is 0.483. The molecule has 1 aliphatic heterocycles. The highest BCUT2D eigenvalue weighted by Gasteiger charge is 2.47. The smallest absolute Gasteiger partial charge is 0.253 e. The molecule has 1 unspecified atom stereocenters. The highest BCUT2D eigenvalue weighted by Crippen LogP contribution is 2.45. The van der Waals surface area contributed by atoms with Crippen LogP contribution in [0.2, 0.25) is 28.2 Å². The van der Waals surface area contributed by atoms with Gasteiger partial charge >= 0.3 is 0 Å². The molecule has 4 nitrogen and oxygen atoms in total. The zero-order valence-corrected chi connectivity index (χ0v) is 24.8. The van der Waals surface area contributed by atoms with E-state index in [1.54, 1.807) is 6.08 Å². The Labute approximate surface area is 227 Å². The van der Waals surface area contributed by atoms with Crippen molar-refractivity contribution in [3.8, 4) is 0 Å². The van der Waals surface area contributed by atoms with Crippen molar-refractivity contribution in [3.63, 3.8) is 0 Å². The number of hydrogen-bond donors (Lipinski definition) is 0. The molecular weight excluding hydrogens is 509 g/mol. The lowest BCUT2D eigenvalue weighted by Crippen LogP contribution is -2.56. The first-order valence-corrected chi connectivity index (χ1v) is 16.3. The molecular formula is C29H39Cl2NO3Si. The minimum absolute atomic E-state index is 0.0428. The molecule has 196 valence electrons. The molecule has 1 saturated heterocycles. The van der Waals surface area contributed by atoms with Gasteiger partial charge in [0.05, 0.1) is 18.7 Å². The second kappa shape index (κ2) is 11.8. The maximum Gasteiger partial charge on any atom is 0.253 e. The molecule has 1 amide bonds. The predicted octanol–water partition coefficient (Wildman–Crippen LogP) is 8.38. The van der Waals surface area contributed by atoms with Gasteiger partial charge < -0.3 is 14.1 Å². The van der Waals surface area contributed by atoms with Crippen LogP contribution in [0.25, 0.3) is 0 Å². The van der Waals surface area contributed by atoms with Gasteiger partial charge in [-0.15, -0.1) is 6.58 Å². The molecule has 1 heterocycles. The number of benzene rings is 2. The van der Waals surface area contributed by atoms with Gasteiger partial charge in [-0.1, -0.05) is 81.2 Å². The summed E-state index contributed by atoms with van der Waals surface area (Å²) < 4.78 is 13.2. The Kier molecular flexibility index (Phi) is 9.50. The van der Waals surface area contributed by atoms with Crippen LogP contribution in [-0.4, -0.2) is 37.9 Å². The van der Waals surface area contributed by atoms with Crippen LogP contribution < -0.4 is 0 Å². The van der Waals surface area contributed by atoms with Crippen molar-refractivity contribution in [2.75, 3.05) is 6.61 Å². The van der Waals surface area contributed by atoms with Gasteiger partial charge in [-0.05, 0) is 59.9 Å². The molecule has 1 aliphatic rings. The van der Waals surface area contributed by atoms with E-state index < -0.39 is 20.5 Å². The van der Waals surface area contributed by atoms with E-state index in [0.717, 1.165) is 17.5 Å². The number of hydrogen-bond acceptors (Lipinski definition) is 3. The van der Waals surface area contributed by atoms with Crippen molar-refractivity contribution < 1.29 is 14.0 Å². The molecule has 0 saturated carbocycles. The number of morpholine rings is 1. The number of rotatable bonds is 9. The minimum Gasteiger partial charge on any atom is -0.415 e. The standard InChI is InChI=1S/C29H39Cl2NO3Si/c1-8-11-25-28(33)32(24(9-2)19-34-36(6,7)29(3,4)5)26(20-14-16-22(30)17-15-20)27(35-25)21-12-10-13-23(31)18-21/h8,10,12-18,24-27H,1,9,11,19H2,2-7H3/t24?,25-,26+,27+/m0/s1. The zero-order valence-electron chi connectivity index (χ0n) is 22.3. The van der Waals surface area contributed by atoms with E-state index in [4.69, 9.17) is 32.4 Å². The number of halogens is 2. The van der Waals surface area contributed by atoms with Crippen molar-refractivity contribution in [2.24, 2.45) is 0 Å². The highest BCUT2D eigenvalue weighted by atomic mass is 35.5. The van der Waals surface area contributed by atoms with Crippen LogP contribution >= 0.6 is 23.2 Å². The van der Waals surface area contributed by atoms with Gasteiger partial charge in [0, 0.05) is 16.5 Å². The fourth-order valence-corrected chi connectivity index (χ4v) is 5.70. The third kappa shape index (κ3) is 6.43. The monoisotopic (exact) mass is 547 g/mol. The molecule has 36 heavy (non-hydrogen) atoms. The first-order chi connectivity index (χ1) is 16.9. The van der Waals surface area contributed by atoms with E-state index in [1.165, 1.54) is 0 Å². The van der Waals surface area contributed by atoms with E-state index >= 15 is 0 Å². The summed E-state index contributed by atoms with van der Waals surface area (Å²) in [5, 5.41) is 1.35. The summed E-state index contributed by atoms with van der Waals surface area (Å²) in [5.41, 5.74) is 1.88. The summed E-state index contributed by atoms with van der Waals surface area (Å²) in [5.74, 6) is -0.0428. The topological polar surface area (TPSA) is 38.8 Å². The molecule has 2 aromatic carbocycles. The van der Waals surface area contributed by atoms with Crippen LogP contribution in [0, 0.1) is 0 Å². The van der Waals surface area contributed by atoms with Crippen LogP contribution in [0.3, 0.4) is 0 Å². The molecule has 7 heteroatoms. The largest absolute Gasteiger partial charge is 0.415 e. The van der Waals surface area contributed by atoms with Crippen LogP contribution in [-0.2, 0) is 14.0 Å². The molecule has 0 spiro atoms. The molecule has 0 aromatic heterocycles. The Morgan fingerprint density at radius 2 is 1.78 bits per heavy atom. The Bertz CT molecular complexity index is 1050. The first-order valence-electron chi connectivity index (χ1n) is 12.6. The number of nitrogens with zero attached hydrogens (tertiary/aromatic N) is 1. The Morgan fingerprint density at radius 3 is 2.33 bits per heavy atom. The van der Waals surface area contributed by atoms with Crippen molar-refractivity contribution in [2.45, 2.75) is 83.0 Å². The van der Waals surface area contributed by atoms with E-state index in [9.17, 15) is 4.79 Å². The second-order valence-corrected chi connectivity index (χ2v) is 16.7. The van der Waals surface area contributed by atoms with Gasteiger partial charge in [0.2, 0.25) is 0 Å². The minimum atomic E-state index is -2.02. The quantitative estimate of drug-likeness (QED) is 0.233. The van der Waals surface area contributed by atoms with E-state index in [2.05, 4.69) is 47.4 Å². The van der Waals surface area contributed by atoms with Gasteiger partial charge in [0.25, 0.3) is 5.91 Å². The molecule has 4 atom stereocenters. The molecule has 0 radical (unpaired) electrons. The summed E-state index contributed by atoms with van der Waals surface area (Å²) in [6, 6.07) is 14.9. The van der Waals surface area contributed by atoms with Gasteiger partial charge in [-0.2, -0.15) is 0 Å². The van der Waals surface area contributed by atoms with Crippen LogP contribution in [0.15, 0.2) is 61.2 Å². The van der Waals surface area contributed by atoms with E-state index in [-0.39, 0.29) is 23.0 Å². The lowest BCUT2D eigenvalue weighted by atomic mass is 9.89. The number of amides is 1. The third-order valence-corrected chi connectivity index (χ3v) is 12.5. The lowest BCUT2D eigenvalue weighted by molar-refractivity contribution is -0.180. The first kappa shape index (κ1) is 28.9. The zero-order chi connectivity index (χ0) is 26.7. The Balaban J connectivity index is 2.11. The molecule has 2 aromatic rings. The van der Waals surface area contributed by atoms with Crippen LogP contribution in [0.5, 0.6) is 0 Å². The van der Waals surface area contributed by atoms with E-state index in [0.29, 0.717) is 23.1 Å². The molecule has 0 aliphatic carbocycles. The maximum atomic E-state index is 14.0. The number of carbonyl (C=O) groups is 1. The average molecular weight is 549 g/mol. The fourth-order valence-electron chi connectivity index (χ4n) is 4.33. The average Bonchev–Trinajstić information content (AvgIpc) is 2.81. The Hall–Kier alpha value is -1.63. The van der Waals surface area contributed by atoms with Gasteiger partial charge in [0.1, 0.15) is 12.2 Å². The Morgan fingerprint density at radius 1 is 1.11 bits per heavy atom. The van der Waals surface area contributed by atoms with Gasteiger partial charge in [0.15, 0.2) is 8.32 Å². The third-order valence-electron chi connectivity index (χ3n) is 7.50. The highest BCUT2D eigenvalue weighted by molar-refractivity contribution is 6.74. The lowest BCUT2D eigenvalue weighted by Gasteiger charge is -2.49. The summed E-state index contributed by atoms with van der Waals surface area (Å²) in [4.78, 5) is 16.0. The summed E-state index contributed by atoms with van der Waals surface area (Å²) in [7, 11) is -2.02. The SMILES string of the molecule is C=CC[C@@H]1O[C@H](c2cccc(Cl)c2)[C@@H](c2ccc(Cl)cc2)N(C(CC)CO[Si](C)(C)C(C)(C)C)C1=O. The molecule has 0 bridgehead atoms. The van der Waals surface area contributed by atoms with Gasteiger partial charge in [-0.3, -0.25) is 4.79 Å². The van der Waals surface area contributed by atoms with Crippen LogP contribution in [0.4, 0.5) is 0 Å². The molecule has 0 N–H and O–H groups in total. The van der Waals surface area contributed by atoms with Gasteiger partial charge in [-0.25, -0.2) is 0 Å². The second-order valence-electron chi connectivity index (χ2n) is 11.0. The van der Waals surface area contributed by atoms with Crippen molar-refractivity contribution in [1.82, 2.24) is 4.90 Å². The normalized spacial score (nSPS) is 21.9. The summed E-state index contributed by atoms with van der Waals surface area (Å²) in [6.45, 7) is 17.6. The molecule has 1 fully saturated rings. The number of ether oxygens (including phenoxy) is 1. The predicted molar refractivity (Wildman–Crippen MR) is 152 cm³/mol. The van der Waals surface area contributed by atoms with Crippen LogP contribution in [0.1, 0.15) is 63.8 Å². The van der Waals surface area contributed by atoms with Crippen molar-refractivity contribution >= 4 is 37.4 Å². The summed E-state index contributed by atoms with van der Waals surface area (Å²) in [6.07, 6.45) is 1.89. The van der Waals surface area contributed by atoms with Crippen molar-refractivity contribution in [3.05, 3.63) is 82.4 Å². The van der Waals surface area contributed by atoms with E-state index in [1.807, 2.05) is 53.4 Å².